The summed E-state index contributed by atoms with van der Waals surface area (Å²) in [7, 11) is 0. The maximum atomic E-state index is 13.2. The Kier molecular flexibility index (Phi) is 5.52. The molecule has 1 saturated carbocycles. The van der Waals surface area contributed by atoms with E-state index in [1.165, 1.54) is 18.6 Å². The topological polar surface area (TPSA) is 58.2 Å². The quantitative estimate of drug-likeness (QED) is 0.897. The summed E-state index contributed by atoms with van der Waals surface area (Å²) < 4.78 is 13.2. The molecule has 120 valence electrons. The van der Waals surface area contributed by atoms with Crippen LogP contribution in [0.15, 0.2) is 18.2 Å². The van der Waals surface area contributed by atoms with Crippen LogP contribution < -0.4 is 10.6 Å². The first-order chi connectivity index (χ1) is 10.5. The Bertz CT molecular complexity index is 554. The van der Waals surface area contributed by atoms with Crippen LogP contribution in [0.1, 0.15) is 44.6 Å². The Balaban J connectivity index is 1.91. The zero-order valence-corrected chi connectivity index (χ0v) is 13.1. The number of hydrogen-bond acceptors (Lipinski definition) is 2. The fourth-order valence-electron chi connectivity index (χ4n) is 2.73. The maximum absolute atomic E-state index is 13.2. The highest BCUT2D eigenvalue weighted by Gasteiger charge is 2.24. The molecule has 1 aliphatic carbocycles. The van der Waals surface area contributed by atoms with Gasteiger partial charge in [-0.1, -0.05) is 25.3 Å². The van der Waals surface area contributed by atoms with E-state index < -0.39 is 11.9 Å². The first kappa shape index (κ1) is 16.5. The number of carbonyl (C=O) groups is 2. The molecule has 0 aliphatic heterocycles. The summed E-state index contributed by atoms with van der Waals surface area (Å²) in [6.45, 7) is 3.44. The zero-order valence-electron chi connectivity index (χ0n) is 13.1. The van der Waals surface area contributed by atoms with E-state index in [0.29, 0.717) is 5.69 Å². The Morgan fingerprint density at radius 3 is 2.59 bits per heavy atom. The first-order valence-electron chi connectivity index (χ1n) is 7.85. The lowest BCUT2D eigenvalue weighted by molar-refractivity contribution is -0.129. The van der Waals surface area contributed by atoms with Crippen LogP contribution in [0.4, 0.5) is 10.1 Å². The molecule has 5 heteroatoms. The highest BCUT2D eigenvalue weighted by Crippen LogP contribution is 2.23. The van der Waals surface area contributed by atoms with Gasteiger partial charge in [-0.05, 0) is 44.4 Å². The minimum atomic E-state index is -0.642. The third kappa shape index (κ3) is 4.29. The molecule has 1 atom stereocenters. The van der Waals surface area contributed by atoms with E-state index in [1.807, 2.05) is 0 Å². The van der Waals surface area contributed by atoms with Crippen molar-refractivity contribution in [3.05, 3.63) is 29.6 Å². The second kappa shape index (κ2) is 7.38. The van der Waals surface area contributed by atoms with E-state index in [4.69, 9.17) is 0 Å². The second-order valence-corrected chi connectivity index (χ2v) is 6.01. The molecule has 0 saturated heterocycles. The van der Waals surface area contributed by atoms with E-state index in [1.54, 1.807) is 19.9 Å². The summed E-state index contributed by atoms with van der Waals surface area (Å²) in [6.07, 6.45) is 5.10. The molecular weight excluding hydrogens is 283 g/mol. The fourth-order valence-corrected chi connectivity index (χ4v) is 2.73. The summed E-state index contributed by atoms with van der Waals surface area (Å²) in [4.78, 5) is 24.3. The molecule has 1 fully saturated rings. The normalized spacial score (nSPS) is 16.9. The number of aryl methyl sites for hydroxylation is 1. The number of hydrogen-bond donors (Lipinski definition) is 2. The molecule has 0 unspecified atom stereocenters. The predicted octanol–water partition coefficient (Wildman–Crippen LogP) is 3.16. The summed E-state index contributed by atoms with van der Waals surface area (Å²) in [5.74, 6) is -0.782. The number of rotatable bonds is 4. The molecule has 2 N–H and O–H groups in total. The van der Waals surface area contributed by atoms with Crippen molar-refractivity contribution in [3.63, 3.8) is 0 Å². The zero-order chi connectivity index (χ0) is 16.1. The molecule has 2 amide bonds. The van der Waals surface area contributed by atoms with Crippen molar-refractivity contribution in [2.24, 2.45) is 5.92 Å². The lowest BCUT2D eigenvalue weighted by Crippen LogP contribution is -2.44. The Morgan fingerprint density at radius 2 is 1.91 bits per heavy atom. The van der Waals surface area contributed by atoms with Gasteiger partial charge in [0.2, 0.25) is 11.8 Å². The minimum absolute atomic E-state index is 0.0138. The van der Waals surface area contributed by atoms with Crippen LogP contribution in [0.25, 0.3) is 0 Å². The first-order valence-corrected chi connectivity index (χ1v) is 7.85. The van der Waals surface area contributed by atoms with Crippen molar-refractivity contribution >= 4 is 17.5 Å². The van der Waals surface area contributed by atoms with Gasteiger partial charge in [0.25, 0.3) is 0 Å². The molecule has 22 heavy (non-hydrogen) atoms. The molecular formula is C17H23FN2O2. The molecule has 0 radical (unpaired) electrons. The van der Waals surface area contributed by atoms with E-state index in [0.717, 1.165) is 31.2 Å². The summed E-state index contributed by atoms with van der Waals surface area (Å²) >= 11 is 0. The second-order valence-electron chi connectivity index (χ2n) is 6.01. The van der Waals surface area contributed by atoms with Crippen LogP contribution in [-0.2, 0) is 9.59 Å². The van der Waals surface area contributed by atoms with Crippen LogP contribution in [-0.4, -0.2) is 17.9 Å². The number of benzene rings is 1. The van der Waals surface area contributed by atoms with Crippen molar-refractivity contribution in [2.75, 3.05) is 5.32 Å². The van der Waals surface area contributed by atoms with Crippen LogP contribution in [0.5, 0.6) is 0 Å². The monoisotopic (exact) mass is 306 g/mol. The standard InChI is InChI=1S/C17H23FN2O2/c1-11-8-9-14(18)10-15(11)20-16(21)12(2)19-17(22)13-6-4-3-5-7-13/h8-10,12-13H,3-7H2,1-2H3,(H,19,22)(H,20,21)/t12-/m0/s1. The third-order valence-electron chi connectivity index (χ3n) is 4.19. The maximum Gasteiger partial charge on any atom is 0.246 e. The molecule has 2 rings (SSSR count). The number of amides is 2. The van der Waals surface area contributed by atoms with Gasteiger partial charge in [-0.2, -0.15) is 0 Å². The Morgan fingerprint density at radius 1 is 1.23 bits per heavy atom. The molecule has 0 aromatic heterocycles. The van der Waals surface area contributed by atoms with E-state index >= 15 is 0 Å². The van der Waals surface area contributed by atoms with E-state index in [9.17, 15) is 14.0 Å². The van der Waals surface area contributed by atoms with E-state index in [2.05, 4.69) is 10.6 Å². The van der Waals surface area contributed by atoms with Gasteiger partial charge in [-0.3, -0.25) is 9.59 Å². The van der Waals surface area contributed by atoms with Crippen molar-refractivity contribution in [2.45, 2.75) is 52.0 Å². The highest BCUT2D eigenvalue weighted by molar-refractivity contribution is 5.97. The SMILES string of the molecule is Cc1ccc(F)cc1NC(=O)[C@H](C)NC(=O)C1CCCCC1. The van der Waals surface area contributed by atoms with E-state index in [-0.39, 0.29) is 17.7 Å². The highest BCUT2D eigenvalue weighted by atomic mass is 19.1. The smallest absolute Gasteiger partial charge is 0.246 e. The van der Waals surface area contributed by atoms with Crippen LogP contribution >= 0.6 is 0 Å². The molecule has 1 aliphatic rings. The molecule has 1 aromatic carbocycles. The summed E-state index contributed by atoms with van der Waals surface area (Å²) in [6, 6.07) is 3.59. The van der Waals surface area contributed by atoms with Gasteiger partial charge in [0.05, 0.1) is 0 Å². The Hall–Kier alpha value is -1.91. The Labute approximate surface area is 130 Å². The van der Waals surface area contributed by atoms with Crippen molar-refractivity contribution < 1.29 is 14.0 Å². The number of nitrogens with one attached hydrogen (secondary N) is 2. The van der Waals surface area contributed by atoms with Gasteiger partial charge < -0.3 is 10.6 Å². The van der Waals surface area contributed by atoms with Crippen molar-refractivity contribution in [3.8, 4) is 0 Å². The summed E-state index contributed by atoms with van der Waals surface area (Å²) in [5, 5.41) is 5.42. The van der Waals surface area contributed by atoms with Gasteiger partial charge in [-0.25, -0.2) is 4.39 Å². The largest absolute Gasteiger partial charge is 0.344 e. The van der Waals surface area contributed by atoms with Gasteiger partial charge >= 0.3 is 0 Å². The third-order valence-corrected chi connectivity index (χ3v) is 4.19. The van der Waals surface area contributed by atoms with Gasteiger partial charge in [-0.15, -0.1) is 0 Å². The molecule has 0 heterocycles. The molecule has 4 nitrogen and oxygen atoms in total. The average Bonchev–Trinajstić information content (AvgIpc) is 2.51. The molecule has 0 spiro atoms. The lowest BCUT2D eigenvalue weighted by Gasteiger charge is -2.23. The van der Waals surface area contributed by atoms with Gasteiger partial charge in [0.1, 0.15) is 11.9 Å². The summed E-state index contributed by atoms with van der Waals surface area (Å²) in [5.41, 5.74) is 1.21. The lowest BCUT2D eigenvalue weighted by atomic mass is 9.88. The number of halogens is 1. The number of carbonyl (C=O) groups excluding carboxylic acids is 2. The minimum Gasteiger partial charge on any atom is -0.344 e. The number of anilines is 1. The van der Waals surface area contributed by atoms with Crippen molar-refractivity contribution in [1.29, 1.82) is 0 Å². The van der Waals surface area contributed by atoms with Gasteiger partial charge in [0.15, 0.2) is 0 Å². The average molecular weight is 306 g/mol. The van der Waals surface area contributed by atoms with Gasteiger partial charge in [0, 0.05) is 11.6 Å². The van der Waals surface area contributed by atoms with Crippen molar-refractivity contribution in [1.82, 2.24) is 5.32 Å². The predicted molar refractivity (Wildman–Crippen MR) is 83.9 cm³/mol. The van der Waals surface area contributed by atoms with Crippen LogP contribution in [0.3, 0.4) is 0 Å². The molecule has 1 aromatic rings. The fraction of sp³-hybridized carbons (Fsp3) is 0.529. The molecule has 0 bridgehead atoms. The van der Waals surface area contributed by atoms with Crippen LogP contribution in [0.2, 0.25) is 0 Å². The van der Waals surface area contributed by atoms with Crippen LogP contribution in [0, 0.1) is 18.7 Å².